The maximum Gasteiger partial charge on any atom is 0.266 e. The van der Waals surface area contributed by atoms with Gasteiger partial charge in [0.1, 0.15) is 18.7 Å². The van der Waals surface area contributed by atoms with Crippen molar-refractivity contribution in [3.05, 3.63) is 33.2 Å². The molecule has 1 N–H and O–H groups in total. The van der Waals surface area contributed by atoms with Crippen LogP contribution >= 0.6 is 0 Å². The van der Waals surface area contributed by atoms with Gasteiger partial charge in [0.15, 0.2) is 0 Å². The van der Waals surface area contributed by atoms with E-state index < -0.39 is 0 Å². The SMILES string of the molecule is CCc1[nH]c(=O)c(C#N)cc1/C(C)=N/OC. The highest BCUT2D eigenvalue weighted by molar-refractivity contribution is 5.99. The summed E-state index contributed by atoms with van der Waals surface area (Å²) in [4.78, 5) is 18.8. The molecule has 1 aromatic heterocycles. The van der Waals surface area contributed by atoms with Gasteiger partial charge in [0.2, 0.25) is 0 Å². The van der Waals surface area contributed by atoms with E-state index in [9.17, 15) is 4.79 Å². The van der Waals surface area contributed by atoms with E-state index in [1.807, 2.05) is 13.0 Å². The Kier molecular flexibility index (Phi) is 3.84. The van der Waals surface area contributed by atoms with E-state index in [2.05, 4.69) is 15.0 Å². The molecule has 0 radical (unpaired) electrons. The summed E-state index contributed by atoms with van der Waals surface area (Å²) >= 11 is 0. The van der Waals surface area contributed by atoms with Crippen LogP contribution in [0, 0.1) is 11.3 Å². The van der Waals surface area contributed by atoms with E-state index in [1.54, 1.807) is 6.92 Å². The lowest BCUT2D eigenvalue weighted by molar-refractivity contribution is 0.213. The first-order chi connectivity index (χ1) is 7.63. The number of aromatic nitrogens is 1. The Hall–Kier alpha value is -2.09. The molecule has 0 unspecified atom stereocenters. The van der Waals surface area contributed by atoms with Crippen LogP contribution < -0.4 is 5.56 Å². The molecule has 0 saturated carbocycles. The Morgan fingerprint density at radius 1 is 1.69 bits per heavy atom. The van der Waals surface area contributed by atoms with E-state index >= 15 is 0 Å². The third-order valence-corrected chi connectivity index (χ3v) is 2.21. The average molecular weight is 219 g/mol. The zero-order valence-corrected chi connectivity index (χ0v) is 9.50. The predicted octanol–water partition coefficient (Wildman–Crippen LogP) is 1.18. The normalized spacial score (nSPS) is 11.0. The van der Waals surface area contributed by atoms with Crippen LogP contribution in [0.1, 0.15) is 30.7 Å². The van der Waals surface area contributed by atoms with E-state index in [0.29, 0.717) is 12.1 Å². The number of aromatic amines is 1. The van der Waals surface area contributed by atoms with Crippen molar-refractivity contribution in [2.45, 2.75) is 20.3 Å². The molecule has 0 aliphatic carbocycles. The molecule has 0 saturated heterocycles. The first-order valence-corrected chi connectivity index (χ1v) is 4.88. The second-order valence-corrected chi connectivity index (χ2v) is 3.23. The van der Waals surface area contributed by atoms with Crippen molar-refractivity contribution in [3.63, 3.8) is 0 Å². The second kappa shape index (κ2) is 5.12. The van der Waals surface area contributed by atoms with Gasteiger partial charge in [0.05, 0.1) is 5.71 Å². The van der Waals surface area contributed by atoms with Crippen LogP contribution in [0.4, 0.5) is 0 Å². The van der Waals surface area contributed by atoms with Gasteiger partial charge < -0.3 is 9.82 Å². The number of hydrogen-bond donors (Lipinski definition) is 1. The van der Waals surface area contributed by atoms with Crippen LogP contribution in [-0.2, 0) is 11.3 Å². The van der Waals surface area contributed by atoms with Crippen LogP contribution in [0.2, 0.25) is 0 Å². The number of hydrogen-bond acceptors (Lipinski definition) is 4. The third-order valence-electron chi connectivity index (χ3n) is 2.21. The Labute approximate surface area is 93.4 Å². The lowest BCUT2D eigenvalue weighted by atomic mass is 10.1. The maximum atomic E-state index is 11.4. The number of pyridine rings is 1. The minimum atomic E-state index is -0.367. The van der Waals surface area contributed by atoms with Crippen molar-refractivity contribution in [1.29, 1.82) is 5.26 Å². The number of aryl methyl sites for hydroxylation is 1. The molecule has 0 atom stereocenters. The van der Waals surface area contributed by atoms with Crippen LogP contribution in [0.25, 0.3) is 0 Å². The summed E-state index contributed by atoms with van der Waals surface area (Å²) in [5, 5.41) is 12.6. The molecule has 0 aliphatic rings. The number of H-pyrrole nitrogens is 1. The van der Waals surface area contributed by atoms with E-state index in [1.165, 1.54) is 13.2 Å². The van der Waals surface area contributed by atoms with Crippen molar-refractivity contribution in [2.75, 3.05) is 7.11 Å². The van der Waals surface area contributed by atoms with E-state index in [-0.39, 0.29) is 11.1 Å². The first kappa shape index (κ1) is 12.0. The van der Waals surface area contributed by atoms with Gasteiger partial charge in [-0.25, -0.2) is 0 Å². The molecule has 0 aromatic carbocycles. The molecule has 1 heterocycles. The summed E-state index contributed by atoms with van der Waals surface area (Å²) in [5.41, 5.74) is 1.83. The van der Waals surface area contributed by atoms with Gasteiger partial charge in [-0.1, -0.05) is 12.1 Å². The summed E-state index contributed by atoms with van der Waals surface area (Å²) < 4.78 is 0. The van der Waals surface area contributed by atoms with Crippen molar-refractivity contribution in [1.82, 2.24) is 4.98 Å². The summed E-state index contributed by atoms with van der Waals surface area (Å²) in [6, 6.07) is 3.38. The lowest BCUT2D eigenvalue weighted by Gasteiger charge is -2.06. The molecule has 0 bridgehead atoms. The molecular formula is C11H13N3O2. The predicted molar refractivity (Wildman–Crippen MR) is 60.4 cm³/mol. The minimum absolute atomic E-state index is 0.0813. The van der Waals surface area contributed by atoms with Crippen molar-refractivity contribution >= 4 is 5.71 Å². The number of nitrogens with zero attached hydrogens (tertiary/aromatic N) is 2. The number of oxime groups is 1. The highest BCUT2D eigenvalue weighted by Crippen LogP contribution is 2.08. The fraction of sp³-hybridized carbons (Fsp3) is 0.364. The summed E-state index contributed by atoms with van der Waals surface area (Å²) in [6.45, 7) is 3.68. The van der Waals surface area contributed by atoms with Gasteiger partial charge in [-0.3, -0.25) is 4.79 Å². The summed E-state index contributed by atoms with van der Waals surface area (Å²) in [7, 11) is 1.45. The highest BCUT2D eigenvalue weighted by Gasteiger charge is 2.09. The second-order valence-electron chi connectivity index (χ2n) is 3.23. The van der Waals surface area contributed by atoms with Crippen LogP contribution in [0.15, 0.2) is 16.0 Å². The molecule has 5 heteroatoms. The van der Waals surface area contributed by atoms with Crippen molar-refractivity contribution in [3.8, 4) is 6.07 Å². The van der Waals surface area contributed by atoms with Gasteiger partial charge in [0.25, 0.3) is 5.56 Å². The Morgan fingerprint density at radius 2 is 2.38 bits per heavy atom. The number of rotatable bonds is 3. The maximum absolute atomic E-state index is 11.4. The average Bonchev–Trinajstić information content (AvgIpc) is 2.28. The molecule has 0 spiro atoms. The molecule has 16 heavy (non-hydrogen) atoms. The summed E-state index contributed by atoms with van der Waals surface area (Å²) in [6.07, 6.45) is 0.660. The fourth-order valence-electron chi connectivity index (χ4n) is 1.44. The van der Waals surface area contributed by atoms with Crippen molar-refractivity contribution in [2.24, 2.45) is 5.16 Å². The molecule has 1 rings (SSSR count). The van der Waals surface area contributed by atoms with E-state index in [0.717, 1.165) is 11.3 Å². The standard InChI is InChI=1S/C11H13N3O2/c1-4-10-9(7(2)14-16-3)5-8(6-12)11(15)13-10/h5H,4H2,1-3H3,(H,13,15)/b14-7+. The van der Waals surface area contributed by atoms with Gasteiger partial charge in [-0.05, 0) is 19.4 Å². The largest absolute Gasteiger partial charge is 0.399 e. The van der Waals surface area contributed by atoms with Crippen molar-refractivity contribution < 1.29 is 4.84 Å². The Bertz CT molecular complexity index is 509. The van der Waals surface area contributed by atoms with Gasteiger partial charge in [-0.2, -0.15) is 5.26 Å². The zero-order valence-electron chi connectivity index (χ0n) is 9.50. The lowest BCUT2D eigenvalue weighted by Crippen LogP contribution is -2.16. The number of nitriles is 1. The molecule has 84 valence electrons. The summed E-state index contributed by atoms with van der Waals surface area (Å²) in [5.74, 6) is 0. The molecule has 0 aliphatic heterocycles. The molecule has 1 aromatic rings. The van der Waals surface area contributed by atoms with Crippen LogP contribution in [0.5, 0.6) is 0 Å². The monoisotopic (exact) mass is 219 g/mol. The highest BCUT2D eigenvalue weighted by atomic mass is 16.6. The van der Waals surface area contributed by atoms with Gasteiger partial charge >= 0.3 is 0 Å². The Balaban J connectivity index is 3.43. The smallest absolute Gasteiger partial charge is 0.266 e. The first-order valence-electron chi connectivity index (χ1n) is 4.88. The topological polar surface area (TPSA) is 78.2 Å². The zero-order chi connectivity index (χ0) is 12.1. The van der Waals surface area contributed by atoms with Crippen LogP contribution in [-0.4, -0.2) is 17.8 Å². The van der Waals surface area contributed by atoms with Crippen LogP contribution in [0.3, 0.4) is 0 Å². The van der Waals surface area contributed by atoms with E-state index in [4.69, 9.17) is 5.26 Å². The fourth-order valence-corrected chi connectivity index (χ4v) is 1.44. The Morgan fingerprint density at radius 3 is 2.88 bits per heavy atom. The third kappa shape index (κ3) is 2.28. The molecule has 5 nitrogen and oxygen atoms in total. The number of nitrogens with one attached hydrogen (secondary N) is 1. The van der Waals surface area contributed by atoms with Gasteiger partial charge in [-0.15, -0.1) is 0 Å². The minimum Gasteiger partial charge on any atom is -0.399 e. The molecule has 0 fully saturated rings. The molecule has 0 amide bonds. The quantitative estimate of drug-likeness (QED) is 0.612. The molecular weight excluding hydrogens is 206 g/mol. The van der Waals surface area contributed by atoms with Gasteiger partial charge in [0, 0.05) is 11.3 Å².